The van der Waals surface area contributed by atoms with Crippen LogP contribution in [0.1, 0.15) is 25.3 Å². The summed E-state index contributed by atoms with van der Waals surface area (Å²) in [5, 5.41) is 8.29. The van der Waals surface area contributed by atoms with Crippen molar-refractivity contribution in [2.24, 2.45) is 0 Å². The molecule has 1 unspecified atom stereocenters. The van der Waals surface area contributed by atoms with E-state index in [1.807, 2.05) is 83.8 Å². The summed E-state index contributed by atoms with van der Waals surface area (Å²) >= 11 is 6.05. The largest absolute Gasteiger partial charge is 0.497 e. The number of para-hydroxylation sites is 1. The van der Waals surface area contributed by atoms with Gasteiger partial charge in [-0.25, -0.2) is 4.79 Å². The molecular formula is C29H31ClN4O2. The lowest BCUT2D eigenvalue weighted by molar-refractivity contribution is 0.207. The van der Waals surface area contributed by atoms with Crippen LogP contribution in [0.15, 0.2) is 85.1 Å². The highest BCUT2D eigenvalue weighted by atomic mass is 35.5. The zero-order chi connectivity index (χ0) is 25.3. The van der Waals surface area contributed by atoms with E-state index in [0.29, 0.717) is 18.1 Å². The number of pyridine rings is 1. The van der Waals surface area contributed by atoms with Gasteiger partial charge in [0, 0.05) is 47.5 Å². The molecule has 1 atom stereocenters. The molecule has 4 rings (SSSR count). The van der Waals surface area contributed by atoms with Gasteiger partial charge in [-0.3, -0.25) is 4.98 Å². The van der Waals surface area contributed by atoms with Gasteiger partial charge in [-0.15, -0.1) is 0 Å². The minimum atomic E-state index is -0.125. The number of benzene rings is 3. The third-order valence-electron chi connectivity index (χ3n) is 5.98. The molecule has 7 heteroatoms. The molecule has 0 aliphatic heterocycles. The summed E-state index contributed by atoms with van der Waals surface area (Å²) in [5.41, 5.74) is 3.66. The molecule has 6 nitrogen and oxygen atoms in total. The third-order valence-corrected chi connectivity index (χ3v) is 6.23. The maximum atomic E-state index is 13.1. The number of anilines is 2. The molecule has 0 aliphatic carbocycles. The third kappa shape index (κ3) is 6.89. The van der Waals surface area contributed by atoms with E-state index in [9.17, 15) is 4.79 Å². The number of nitrogens with zero attached hydrogens (tertiary/aromatic N) is 2. The number of nitrogens with one attached hydrogen (secondary N) is 2. The van der Waals surface area contributed by atoms with Crippen LogP contribution in [0.4, 0.5) is 16.2 Å². The predicted octanol–water partition coefficient (Wildman–Crippen LogP) is 7.21. The van der Waals surface area contributed by atoms with Crippen molar-refractivity contribution in [2.75, 3.05) is 24.3 Å². The number of hydrogen-bond acceptors (Lipinski definition) is 4. The molecule has 2 N–H and O–H groups in total. The monoisotopic (exact) mass is 502 g/mol. The van der Waals surface area contributed by atoms with E-state index < -0.39 is 0 Å². The second-order valence-corrected chi connectivity index (χ2v) is 9.22. The molecule has 0 bridgehead atoms. The number of rotatable bonds is 10. The quantitative estimate of drug-likeness (QED) is 0.240. The second-order valence-electron chi connectivity index (χ2n) is 8.78. The van der Waals surface area contributed by atoms with Gasteiger partial charge in [-0.05, 0) is 61.7 Å². The molecule has 0 radical (unpaired) electrons. The number of halogens is 1. The number of hydrogen-bond donors (Lipinski definition) is 2. The summed E-state index contributed by atoms with van der Waals surface area (Å²) in [6.45, 7) is 3.26. The molecule has 0 aliphatic rings. The van der Waals surface area contributed by atoms with E-state index in [1.54, 1.807) is 13.3 Å². The van der Waals surface area contributed by atoms with Gasteiger partial charge in [-0.1, -0.05) is 48.0 Å². The van der Waals surface area contributed by atoms with Gasteiger partial charge in [0.25, 0.3) is 0 Å². The Balaban J connectivity index is 1.40. The Bertz CT molecular complexity index is 1280. The highest BCUT2D eigenvalue weighted by Crippen LogP contribution is 2.28. The Hall–Kier alpha value is -3.77. The van der Waals surface area contributed by atoms with E-state index in [1.165, 1.54) is 0 Å². The smallest absolute Gasteiger partial charge is 0.322 e. The van der Waals surface area contributed by atoms with E-state index in [2.05, 4.69) is 22.5 Å². The van der Waals surface area contributed by atoms with Crippen molar-refractivity contribution in [1.29, 1.82) is 0 Å². The Labute approximate surface area is 217 Å². The molecule has 1 aromatic heterocycles. The summed E-state index contributed by atoms with van der Waals surface area (Å²) in [6.07, 6.45) is 3.51. The molecule has 1 heterocycles. The predicted molar refractivity (Wildman–Crippen MR) is 148 cm³/mol. The lowest BCUT2D eigenvalue weighted by Crippen LogP contribution is -2.35. The first-order chi connectivity index (χ1) is 17.5. The molecule has 2 amide bonds. The van der Waals surface area contributed by atoms with Gasteiger partial charge in [0.05, 0.1) is 18.3 Å². The molecule has 0 saturated heterocycles. The van der Waals surface area contributed by atoms with Crippen LogP contribution in [-0.2, 0) is 6.54 Å². The van der Waals surface area contributed by atoms with Crippen LogP contribution in [0.2, 0.25) is 5.02 Å². The molecule has 0 spiro atoms. The average Bonchev–Trinajstić information content (AvgIpc) is 2.89. The Morgan fingerprint density at radius 1 is 1.06 bits per heavy atom. The van der Waals surface area contributed by atoms with Gasteiger partial charge >= 0.3 is 6.03 Å². The maximum absolute atomic E-state index is 13.1. The fourth-order valence-corrected chi connectivity index (χ4v) is 4.23. The summed E-state index contributed by atoms with van der Waals surface area (Å²) in [6, 6.07) is 25.1. The second kappa shape index (κ2) is 12.3. The topological polar surface area (TPSA) is 66.5 Å². The number of aromatic nitrogens is 1. The summed E-state index contributed by atoms with van der Waals surface area (Å²) < 4.78 is 5.47. The number of carbonyl (C=O) groups is 1. The lowest BCUT2D eigenvalue weighted by atomic mass is 10.1. The molecule has 36 heavy (non-hydrogen) atoms. The van der Waals surface area contributed by atoms with Gasteiger partial charge in [0.1, 0.15) is 5.75 Å². The number of carbonyl (C=O) groups excluding carboxylic acids is 1. The van der Waals surface area contributed by atoms with Crippen molar-refractivity contribution in [2.45, 2.75) is 32.4 Å². The first-order valence-electron chi connectivity index (χ1n) is 12.1. The van der Waals surface area contributed by atoms with Crippen LogP contribution < -0.4 is 15.4 Å². The first kappa shape index (κ1) is 25.3. The minimum Gasteiger partial charge on any atom is -0.497 e. The number of amides is 2. The van der Waals surface area contributed by atoms with E-state index in [-0.39, 0.29) is 12.1 Å². The minimum absolute atomic E-state index is 0.125. The van der Waals surface area contributed by atoms with E-state index in [4.69, 9.17) is 16.3 Å². The van der Waals surface area contributed by atoms with Crippen molar-refractivity contribution >= 4 is 39.9 Å². The number of ether oxygens (including phenoxy) is 1. The van der Waals surface area contributed by atoms with Crippen LogP contribution in [-0.4, -0.2) is 35.6 Å². The van der Waals surface area contributed by atoms with Crippen LogP contribution in [0, 0.1) is 0 Å². The van der Waals surface area contributed by atoms with Crippen LogP contribution >= 0.6 is 11.6 Å². The van der Waals surface area contributed by atoms with Gasteiger partial charge < -0.3 is 20.3 Å². The van der Waals surface area contributed by atoms with Crippen molar-refractivity contribution in [3.05, 3.63) is 95.6 Å². The SMILES string of the molecule is COc1cc(NC(C)CCCN(Cc2ccc(Cl)cc2)C(=O)Nc2ccccc2)c2ncccc2c1. The molecule has 0 fully saturated rings. The highest BCUT2D eigenvalue weighted by Gasteiger charge is 2.16. The number of fused-ring (bicyclic) bond motifs is 1. The van der Waals surface area contributed by atoms with Crippen LogP contribution in [0.5, 0.6) is 5.75 Å². The molecule has 0 saturated carbocycles. The van der Waals surface area contributed by atoms with Crippen LogP contribution in [0.3, 0.4) is 0 Å². The van der Waals surface area contributed by atoms with E-state index >= 15 is 0 Å². The highest BCUT2D eigenvalue weighted by molar-refractivity contribution is 6.30. The van der Waals surface area contributed by atoms with Gasteiger partial charge in [0.2, 0.25) is 0 Å². The number of urea groups is 1. The molecular weight excluding hydrogens is 472 g/mol. The summed E-state index contributed by atoms with van der Waals surface area (Å²) in [5.74, 6) is 0.789. The Morgan fingerprint density at radius 3 is 2.58 bits per heavy atom. The summed E-state index contributed by atoms with van der Waals surface area (Å²) in [4.78, 5) is 19.5. The van der Waals surface area contributed by atoms with Crippen molar-refractivity contribution in [3.8, 4) is 5.75 Å². The van der Waals surface area contributed by atoms with Crippen molar-refractivity contribution in [1.82, 2.24) is 9.88 Å². The fourth-order valence-electron chi connectivity index (χ4n) is 4.11. The number of methoxy groups -OCH3 is 1. The van der Waals surface area contributed by atoms with Crippen LogP contribution in [0.25, 0.3) is 10.9 Å². The Kier molecular flexibility index (Phi) is 8.63. The molecule has 186 valence electrons. The van der Waals surface area contributed by atoms with E-state index in [0.717, 1.165) is 46.4 Å². The van der Waals surface area contributed by atoms with Crippen molar-refractivity contribution in [3.63, 3.8) is 0 Å². The fraction of sp³-hybridized carbons (Fsp3) is 0.241. The molecule has 4 aromatic rings. The zero-order valence-corrected chi connectivity index (χ0v) is 21.3. The summed E-state index contributed by atoms with van der Waals surface area (Å²) in [7, 11) is 1.67. The lowest BCUT2D eigenvalue weighted by Gasteiger charge is -2.24. The molecule has 3 aromatic carbocycles. The first-order valence-corrected chi connectivity index (χ1v) is 12.4. The van der Waals surface area contributed by atoms with Gasteiger partial charge in [-0.2, -0.15) is 0 Å². The zero-order valence-electron chi connectivity index (χ0n) is 20.6. The standard InChI is InChI=1S/C29H31ClN4O2/c1-21(32-27-19-26(36-2)18-23-9-6-16-31-28(23)27)8-7-17-34(20-22-12-14-24(30)15-13-22)29(35)33-25-10-4-3-5-11-25/h3-6,9-16,18-19,21,32H,7-8,17,20H2,1-2H3,(H,33,35). The Morgan fingerprint density at radius 2 is 1.83 bits per heavy atom. The van der Waals surface area contributed by atoms with Crippen molar-refractivity contribution < 1.29 is 9.53 Å². The average molecular weight is 503 g/mol. The normalized spacial score (nSPS) is 11.6. The van der Waals surface area contributed by atoms with Gasteiger partial charge in [0.15, 0.2) is 0 Å². The maximum Gasteiger partial charge on any atom is 0.322 e.